The highest BCUT2D eigenvalue weighted by molar-refractivity contribution is 6.00. The number of alkyl halides is 2. The summed E-state index contributed by atoms with van der Waals surface area (Å²) in [6.45, 7) is 2.89. The molecule has 1 aliphatic rings. The molecule has 0 N–H and O–H groups in total. The number of amides is 1. The minimum absolute atomic E-state index is 0.00240. The molecule has 1 heterocycles. The number of fused-ring (bicyclic) bond motifs is 1. The second-order valence-electron chi connectivity index (χ2n) is 5.84. The highest BCUT2D eigenvalue weighted by Gasteiger charge is 2.54. The van der Waals surface area contributed by atoms with Crippen LogP contribution < -0.4 is 0 Å². The monoisotopic (exact) mass is 337 g/mol. The third-order valence-corrected chi connectivity index (χ3v) is 4.29. The fourth-order valence-corrected chi connectivity index (χ4v) is 2.94. The zero-order valence-electron chi connectivity index (χ0n) is 13.2. The number of aryl methyl sites for hydroxylation is 2. The first-order valence-electron chi connectivity index (χ1n) is 7.54. The quantitative estimate of drug-likeness (QED) is 0.595. The molecule has 0 bridgehead atoms. The summed E-state index contributed by atoms with van der Waals surface area (Å²) >= 11 is 0. The summed E-state index contributed by atoms with van der Waals surface area (Å²) in [5.41, 5.74) is -0.103. The zero-order valence-corrected chi connectivity index (χ0v) is 13.2. The van der Waals surface area contributed by atoms with E-state index in [2.05, 4.69) is 0 Å². The van der Waals surface area contributed by atoms with Gasteiger partial charge in [0.05, 0.1) is 17.7 Å². The van der Waals surface area contributed by atoms with Crippen molar-refractivity contribution < 1.29 is 22.4 Å². The first kappa shape index (κ1) is 16.5. The van der Waals surface area contributed by atoms with Gasteiger partial charge in [-0.1, -0.05) is 31.2 Å². The Bertz CT molecular complexity index is 815. The SMILES string of the molecule is CCc1ccc(CN2C(=O)c3c(C)cc(F)c(F)c3C2(F)F)cc1. The highest BCUT2D eigenvalue weighted by atomic mass is 19.3. The van der Waals surface area contributed by atoms with Gasteiger partial charge in [-0.05, 0) is 36.1 Å². The molecule has 1 amide bonds. The van der Waals surface area contributed by atoms with Crippen LogP contribution in [-0.4, -0.2) is 10.8 Å². The molecule has 1 aliphatic heterocycles. The minimum Gasteiger partial charge on any atom is -0.271 e. The topological polar surface area (TPSA) is 20.3 Å². The second-order valence-corrected chi connectivity index (χ2v) is 5.84. The lowest BCUT2D eigenvalue weighted by Gasteiger charge is -2.24. The van der Waals surface area contributed by atoms with Crippen LogP contribution >= 0.6 is 0 Å². The first-order chi connectivity index (χ1) is 11.3. The van der Waals surface area contributed by atoms with Gasteiger partial charge in [-0.25, -0.2) is 8.78 Å². The third-order valence-electron chi connectivity index (χ3n) is 4.29. The van der Waals surface area contributed by atoms with Gasteiger partial charge in [0, 0.05) is 0 Å². The molecule has 0 spiro atoms. The molecule has 0 saturated carbocycles. The van der Waals surface area contributed by atoms with Crippen LogP contribution in [0.2, 0.25) is 0 Å². The zero-order chi connectivity index (χ0) is 17.6. The van der Waals surface area contributed by atoms with Crippen LogP contribution in [0.3, 0.4) is 0 Å². The van der Waals surface area contributed by atoms with E-state index in [1.165, 1.54) is 6.92 Å². The van der Waals surface area contributed by atoms with Gasteiger partial charge < -0.3 is 0 Å². The van der Waals surface area contributed by atoms with Crippen LogP contribution in [0.1, 0.15) is 39.5 Å². The fraction of sp³-hybridized carbons (Fsp3) is 0.278. The van der Waals surface area contributed by atoms with Crippen LogP contribution in [0.5, 0.6) is 0 Å². The molecular formula is C18H15F4NO. The Morgan fingerprint density at radius 3 is 2.25 bits per heavy atom. The Morgan fingerprint density at radius 2 is 1.67 bits per heavy atom. The normalized spacial score (nSPS) is 15.8. The summed E-state index contributed by atoms with van der Waals surface area (Å²) in [5.74, 6) is -4.04. The molecule has 0 radical (unpaired) electrons. The Morgan fingerprint density at radius 1 is 1.08 bits per heavy atom. The van der Waals surface area contributed by atoms with Crippen LogP contribution in [0.25, 0.3) is 0 Å². The highest BCUT2D eigenvalue weighted by Crippen LogP contribution is 2.45. The minimum atomic E-state index is -3.90. The molecule has 0 unspecified atom stereocenters. The van der Waals surface area contributed by atoms with Gasteiger partial charge in [0.2, 0.25) is 0 Å². The van der Waals surface area contributed by atoms with Gasteiger partial charge in [0.25, 0.3) is 5.91 Å². The van der Waals surface area contributed by atoms with Crippen molar-refractivity contribution in [3.05, 3.63) is 69.8 Å². The molecule has 0 fully saturated rings. The van der Waals surface area contributed by atoms with E-state index >= 15 is 0 Å². The van der Waals surface area contributed by atoms with E-state index < -0.39 is 34.7 Å². The number of carbonyl (C=O) groups is 1. The van der Waals surface area contributed by atoms with E-state index in [-0.39, 0.29) is 17.0 Å². The summed E-state index contributed by atoms with van der Waals surface area (Å²) in [7, 11) is 0. The van der Waals surface area contributed by atoms with Crippen molar-refractivity contribution in [3.8, 4) is 0 Å². The van der Waals surface area contributed by atoms with Gasteiger partial charge in [0.1, 0.15) is 0 Å². The Labute approximate surface area is 136 Å². The molecule has 6 heteroatoms. The maximum atomic E-state index is 14.6. The van der Waals surface area contributed by atoms with Crippen LogP contribution in [0, 0.1) is 18.6 Å². The van der Waals surface area contributed by atoms with E-state index in [0.29, 0.717) is 5.56 Å². The average molecular weight is 337 g/mol. The fourth-order valence-electron chi connectivity index (χ4n) is 2.94. The lowest BCUT2D eigenvalue weighted by molar-refractivity contribution is -0.128. The smallest absolute Gasteiger partial charge is 0.271 e. The predicted octanol–water partition coefficient (Wildman–Crippen LogP) is 4.54. The van der Waals surface area contributed by atoms with Crippen molar-refractivity contribution in [1.29, 1.82) is 0 Å². The van der Waals surface area contributed by atoms with Crippen molar-refractivity contribution >= 4 is 5.91 Å². The van der Waals surface area contributed by atoms with E-state index in [4.69, 9.17) is 0 Å². The molecular weight excluding hydrogens is 322 g/mol. The Kier molecular flexibility index (Phi) is 3.86. The van der Waals surface area contributed by atoms with Gasteiger partial charge in [-0.3, -0.25) is 9.69 Å². The number of halogens is 4. The molecule has 24 heavy (non-hydrogen) atoms. The van der Waals surface area contributed by atoms with Crippen LogP contribution in [0.4, 0.5) is 17.6 Å². The molecule has 0 saturated heterocycles. The summed E-state index contributed by atoms with van der Waals surface area (Å²) < 4.78 is 56.6. The van der Waals surface area contributed by atoms with Gasteiger partial charge in [-0.2, -0.15) is 8.78 Å². The largest absolute Gasteiger partial charge is 0.359 e. The lowest BCUT2D eigenvalue weighted by atomic mass is 10.0. The van der Waals surface area contributed by atoms with Gasteiger partial charge in [-0.15, -0.1) is 0 Å². The van der Waals surface area contributed by atoms with E-state index in [1.807, 2.05) is 6.92 Å². The summed E-state index contributed by atoms with van der Waals surface area (Å²) in [6, 6.07) is 3.73. The Hall–Kier alpha value is -2.37. The van der Waals surface area contributed by atoms with Crippen molar-refractivity contribution in [1.82, 2.24) is 4.90 Å². The number of carbonyl (C=O) groups excluding carboxylic acids is 1. The molecule has 2 nitrogen and oxygen atoms in total. The molecule has 2 aromatic rings. The maximum absolute atomic E-state index is 14.6. The summed E-state index contributed by atoms with van der Waals surface area (Å²) in [6.07, 6.45) is 0.800. The van der Waals surface area contributed by atoms with Crippen molar-refractivity contribution in [2.24, 2.45) is 0 Å². The maximum Gasteiger partial charge on any atom is 0.359 e. The van der Waals surface area contributed by atoms with Crippen molar-refractivity contribution in [3.63, 3.8) is 0 Å². The van der Waals surface area contributed by atoms with E-state index in [9.17, 15) is 22.4 Å². The average Bonchev–Trinajstić information content (AvgIpc) is 2.74. The van der Waals surface area contributed by atoms with Crippen molar-refractivity contribution in [2.45, 2.75) is 32.9 Å². The Balaban J connectivity index is 2.03. The number of nitrogens with zero attached hydrogens (tertiary/aromatic N) is 1. The number of hydrogen-bond acceptors (Lipinski definition) is 1. The molecule has 126 valence electrons. The molecule has 2 aromatic carbocycles. The summed E-state index contributed by atoms with van der Waals surface area (Å²) in [5, 5.41) is 0. The van der Waals surface area contributed by atoms with E-state index in [1.54, 1.807) is 24.3 Å². The second kappa shape index (κ2) is 5.61. The van der Waals surface area contributed by atoms with Crippen molar-refractivity contribution in [2.75, 3.05) is 0 Å². The first-order valence-corrected chi connectivity index (χ1v) is 7.54. The van der Waals surface area contributed by atoms with Crippen LogP contribution in [0.15, 0.2) is 30.3 Å². The molecule has 0 atom stereocenters. The van der Waals surface area contributed by atoms with Gasteiger partial charge in [0.15, 0.2) is 11.6 Å². The van der Waals surface area contributed by atoms with Crippen LogP contribution in [-0.2, 0) is 19.0 Å². The number of benzene rings is 2. The number of hydrogen-bond donors (Lipinski definition) is 0. The summed E-state index contributed by atoms with van der Waals surface area (Å²) in [4.78, 5) is 12.7. The third kappa shape index (κ3) is 2.37. The molecule has 0 aromatic heterocycles. The molecule has 3 rings (SSSR count). The van der Waals surface area contributed by atoms with E-state index in [0.717, 1.165) is 18.1 Å². The lowest BCUT2D eigenvalue weighted by Crippen LogP contribution is -2.36. The predicted molar refractivity (Wildman–Crippen MR) is 80.7 cm³/mol. The molecule has 0 aliphatic carbocycles. The van der Waals surface area contributed by atoms with Gasteiger partial charge >= 0.3 is 6.05 Å². The number of rotatable bonds is 3. The standard InChI is InChI=1S/C18H15F4NO/c1-3-11-4-6-12(7-5-11)9-23-17(24)14-10(2)8-13(19)16(20)15(14)18(23,21)22/h4-8H,3,9H2,1-2H3.